The van der Waals surface area contributed by atoms with Crippen LogP contribution in [0.5, 0.6) is 0 Å². The van der Waals surface area contributed by atoms with E-state index in [1.165, 1.54) is 0 Å². The van der Waals surface area contributed by atoms with Gasteiger partial charge < -0.3 is 0 Å². The monoisotopic (exact) mass is 451 g/mol. The number of carbonyl (C=O) groups excluding carboxylic acids is 2. The molecule has 3 rings (SSSR count). The van der Waals surface area contributed by atoms with Crippen molar-refractivity contribution in [2.24, 2.45) is 5.92 Å². The lowest BCUT2D eigenvalue weighted by Gasteiger charge is -2.23. The third-order valence-corrected chi connectivity index (χ3v) is 5.26. The summed E-state index contributed by atoms with van der Waals surface area (Å²) in [5.74, 6) is -2.94. The van der Waals surface area contributed by atoms with Gasteiger partial charge in [0.25, 0.3) is 0 Å². The number of carbonyl (C=O) groups is 2. The highest BCUT2D eigenvalue weighted by molar-refractivity contribution is 9.10. The average molecular weight is 452 g/mol. The molecule has 1 atom stereocenters. The standard InChI is InChI=1S/C23H18BrNO4/c24-19-13-11-16(12-14-19)20(15-25(28)29)21(22(26)17-7-3-1-4-8-17)23(27)18-9-5-2-6-10-18/h1-14,20-21H,15H2/t20-/m1/s1. The molecule has 0 aliphatic heterocycles. The van der Waals surface area contributed by atoms with Crippen molar-refractivity contribution in [2.45, 2.75) is 5.92 Å². The first-order valence-electron chi connectivity index (χ1n) is 9.03. The van der Waals surface area contributed by atoms with Crippen LogP contribution in [0.3, 0.4) is 0 Å². The molecule has 0 aliphatic carbocycles. The Balaban J connectivity index is 2.12. The van der Waals surface area contributed by atoms with Crippen LogP contribution in [-0.4, -0.2) is 23.0 Å². The predicted octanol–water partition coefficient (Wildman–Crippen LogP) is 5.19. The van der Waals surface area contributed by atoms with E-state index in [1.807, 2.05) is 0 Å². The second-order valence-electron chi connectivity index (χ2n) is 6.61. The van der Waals surface area contributed by atoms with Gasteiger partial charge in [0, 0.05) is 20.5 Å². The molecule has 0 amide bonds. The van der Waals surface area contributed by atoms with Gasteiger partial charge in [0.15, 0.2) is 11.6 Å². The number of benzene rings is 3. The van der Waals surface area contributed by atoms with Gasteiger partial charge in [0.2, 0.25) is 6.54 Å². The molecule has 0 N–H and O–H groups in total. The molecule has 146 valence electrons. The zero-order valence-electron chi connectivity index (χ0n) is 15.4. The summed E-state index contributed by atoms with van der Waals surface area (Å²) in [6, 6.07) is 23.8. The molecule has 3 aromatic carbocycles. The normalized spacial score (nSPS) is 11.8. The molecule has 3 aromatic rings. The van der Waals surface area contributed by atoms with Crippen LogP contribution in [0.4, 0.5) is 0 Å². The van der Waals surface area contributed by atoms with Crippen LogP contribution in [0.15, 0.2) is 89.4 Å². The number of nitro groups is 1. The molecule has 29 heavy (non-hydrogen) atoms. The van der Waals surface area contributed by atoms with E-state index in [0.29, 0.717) is 16.7 Å². The van der Waals surface area contributed by atoms with Gasteiger partial charge in [-0.05, 0) is 17.7 Å². The number of hydrogen-bond donors (Lipinski definition) is 0. The highest BCUT2D eigenvalue weighted by atomic mass is 79.9. The lowest BCUT2D eigenvalue weighted by Crippen LogP contribution is -2.34. The smallest absolute Gasteiger partial charge is 0.211 e. The van der Waals surface area contributed by atoms with Gasteiger partial charge in [-0.15, -0.1) is 0 Å². The summed E-state index contributed by atoms with van der Waals surface area (Å²) in [4.78, 5) is 37.7. The van der Waals surface area contributed by atoms with Crippen LogP contribution in [0.25, 0.3) is 0 Å². The molecule has 0 spiro atoms. The van der Waals surface area contributed by atoms with E-state index >= 15 is 0 Å². The van der Waals surface area contributed by atoms with Crippen molar-refractivity contribution in [3.63, 3.8) is 0 Å². The van der Waals surface area contributed by atoms with Crippen molar-refractivity contribution in [3.05, 3.63) is 116 Å². The molecule has 0 fully saturated rings. The Morgan fingerprint density at radius 2 is 1.24 bits per heavy atom. The lowest BCUT2D eigenvalue weighted by molar-refractivity contribution is -0.484. The van der Waals surface area contributed by atoms with Crippen molar-refractivity contribution in [1.82, 2.24) is 0 Å². The molecular formula is C23H18BrNO4. The Morgan fingerprint density at radius 1 is 0.793 bits per heavy atom. The molecule has 0 unspecified atom stereocenters. The Morgan fingerprint density at radius 3 is 1.66 bits per heavy atom. The van der Waals surface area contributed by atoms with Crippen LogP contribution >= 0.6 is 15.9 Å². The van der Waals surface area contributed by atoms with Gasteiger partial charge >= 0.3 is 0 Å². The summed E-state index contributed by atoms with van der Waals surface area (Å²) >= 11 is 3.35. The van der Waals surface area contributed by atoms with Crippen molar-refractivity contribution < 1.29 is 14.5 Å². The van der Waals surface area contributed by atoms with Gasteiger partial charge in [0.1, 0.15) is 0 Å². The maximum absolute atomic E-state index is 13.4. The summed E-state index contributed by atoms with van der Waals surface area (Å²) in [5.41, 5.74) is 1.28. The average Bonchev–Trinajstić information content (AvgIpc) is 2.74. The van der Waals surface area contributed by atoms with Crippen LogP contribution in [-0.2, 0) is 0 Å². The molecule has 0 aliphatic rings. The van der Waals surface area contributed by atoms with Gasteiger partial charge in [-0.3, -0.25) is 19.7 Å². The first kappa shape index (κ1) is 20.6. The third-order valence-electron chi connectivity index (χ3n) is 4.73. The summed E-state index contributed by atoms with van der Waals surface area (Å²) < 4.78 is 0.807. The van der Waals surface area contributed by atoms with Gasteiger partial charge in [0.05, 0.1) is 11.8 Å². The van der Waals surface area contributed by atoms with E-state index in [4.69, 9.17) is 0 Å². The maximum Gasteiger partial charge on any atom is 0.211 e. The van der Waals surface area contributed by atoms with E-state index in [9.17, 15) is 19.7 Å². The Hall–Kier alpha value is -3.12. The molecule has 0 heterocycles. The first-order chi connectivity index (χ1) is 14.0. The highest BCUT2D eigenvalue weighted by Crippen LogP contribution is 2.32. The summed E-state index contributed by atoms with van der Waals surface area (Å²) in [5, 5.41) is 11.4. The van der Waals surface area contributed by atoms with Crippen molar-refractivity contribution in [1.29, 1.82) is 0 Å². The minimum Gasteiger partial charge on any atom is -0.293 e. The largest absolute Gasteiger partial charge is 0.293 e. The van der Waals surface area contributed by atoms with E-state index in [0.717, 1.165) is 4.47 Å². The summed E-state index contributed by atoms with van der Waals surface area (Å²) in [6.45, 7) is -0.524. The molecule has 0 saturated carbocycles. The summed E-state index contributed by atoms with van der Waals surface area (Å²) in [6.07, 6.45) is 0. The van der Waals surface area contributed by atoms with Crippen LogP contribution in [0.1, 0.15) is 32.2 Å². The minimum atomic E-state index is -1.20. The molecule has 0 radical (unpaired) electrons. The van der Waals surface area contributed by atoms with Crippen molar-refractivity contribution in [2.75, 3.05) is 6.54 Å². The first-order valence-corrected chi connectivity index (χ1v) is 9.82. The van der Waals surface area contributed by atoms with E-state index in [2.05, 4.69) is 15.9 Å². The Kier molecular flexibility index (Phi) is 6.67. The molecule has 0 bridgehead atoms. The van der Waals surface area contributed by atoms with E-state index < -0.39 is 34.9 Å². The molecule has 5 nitrogen and oxygen atoms in total. The number of halogens is 1. The fourth-order valence-corrected chi connectivity index (χ4v) is 3.59. The Labute approximate surface area is 176 Å². The second kappa shape index (κ2) is 9.39. The summed E-state index contributed by atoms with van der Waals surface area (Å²) in [7, 11) is 0. The third kappa shape index (κ3) is 5.03. The zero-order chi connectivity index (χ0) is 20.8. The SMILES string of the molecule is O=C(c1ccccc1)C(C(=O)c1ccccc1)[C@H](C[N+](=O)[O-])c1ccc(Br)cc1. The molecule has 0 aromatic heterocycles. The zero-order valence-corrected chi connectivity index (χ0v) is 17.0. The number of rotatable bonds is 8. The topological polar surface area (TPSA) is 77.3 Å². The maximum atomic E-state index is 13.4. The highest BCUT2D eigenvalue weighted by Gasteiger charge is 2.39. The minimum absolute atomic E-state index is 0.354. The van der Waals surface area contributed by atoms with Gasteiger partial charge in [-0.1, -0.05) is 88.7 Å². The fourth-order valence-electron chi connectivity index (χ4n) is 3.32. The van der Waals surface area contributed by atoms with Crippen LogP contribution < -0.4 is 0 Å². The van der Waals surface area contributed by atoms with Crippen LogP contribution in [0, 0.1) is 16.0 Å². The second-order valence-corrected chi connectivity index (χ2v) is 7.53. The fraction of sp³-hybridized carbons (Fsp3) is 0.130. The molecule has 0 saturated heterocycles. The quantitative estimate of drug-likeness (QED) is 0.204. The van der Waals surface area contributed by atoms with Crippen molar-refractivity contribution >= 4 is 27.5 Å². The Bertz CT molecular complexity index is 953. The van der Waals surface area contributed by atoms with Crippen LogP contribution in [0.2, 0.25) is 0 Å². The van der Waals surface area contributed by atoms with Crippen molar-refractivity contribution in [3.8, 4) is 0 Å². The predicted molar refractivity (Wildman–Crippen MR) is 114 cm³/mol. The number of nitrogens with zero attached hydrogens (tertiary/aromatic N) is 1. The molecule has 6 heteroatoms. The van der Waals surface area contributed by atoms with Gasteiger partial charge in [-0.25, -0.2) is 0 Å². The molecular weight excluding hydrogens is 434 g/mol. The lowest BCUT2D eigenvalue weighted by atomic mass is 9.77. The number of hydrogen-bond acceptors (Lipinski definition) is 4. The van der Waals surface area contributed by atoms with Gasteiger partial charge in [-0.2, -0.15) is 0 Å². The van der Waals surface area contributed by atoms with E-state index in [1.54, 1.807) is 84.9 Å². The van der Waals surface area contributed by atoms with E-state index in [-0.39, 0.29) is 0 Å². The number of Topliss-reactive ketones (excluding diaryl/α,β-unsaturated/α-hetero) is 2. The number of ketones is 2.